The summed E-state index contributed by atoms with van der Waals surface area (Å²) >= 11 is 4.89. The van der Waals surface area contributed by atoms with Gasteiger partial charge >= 0.3 is 0 Å². The Bertz CT molecular complexity index is 574. The van der Waals surface area contributed by atoms with Gasteiger partial charge in [-0.2, -0.15) is 0 Å². The number of hydrogen-bond donors (Lipinski definition) is 2. The van der Waals surface area contributed by atoms with Crippen LogP contribution in [0.1, 0.15) is 19.7 Å². The van der Waals surface area contributed by atoms with Crippen LogP contribution >= 0.6 is 12.2 Å². The van der Waals surface area contributed by atoms with E-state index in [9.17, 15) is 0 Å². The van der Waals surface area contributed by atoms with Gasteiger partial charge in [-0.25, -0.2) is 4.98 Å². The first-order chi connectivity index (χ1) is 9.22. The van der Waals surface area contributed by atoms with Crippen molar-refractivity contribution in [2.75, 3.05) is 18.0 Å². The van der Waals surface area contributed by atoms with E-state index in [1.165, 1.54) is 0 Å². The van der Waals surface area contributed by atoms with Crippen molar-refractivity contribution < 1.29 is 4.74 Å². The van der Waals surface area contributed by atoms with E-state index in [0.717, 1.165) is 24.5 Å². The number of aromatic nitrogens is 3. The van der Waals surface area contributed by atoms with Crippen molar-refractivity contribution in [3.8, 4) is 5.75 Å². The van der Waals surface area contributed by atoms with Gasteiger partial charge in [0.15, 0.2) is 5.82 Å². The standard InChI is InChI=1S/C13H18N4OS/c1-3-17(4-2)10-6-5-7-11(8-10)18-9-12-14-13(19)16-15-12/h5-8H,3-4,9H2,1-2H3,(H2,14,15,16,19). The Morgan fingerprint density at radius 1 is 1.26 bits per heavy atom. The topological polar surface area (TPSA) is 56.9 Å². The Labute approximate surface area is 117 Å². The third kappa shape index (κ3) is 3.57. The van der Waals surface area contributed by atoms with Crippen LogP contribution in [0.15, 0.2) is 24.3 Å². The first-order valence-corrected chi connectivity index (χ1v) is 6.75. The number of ether oxygens (including phenoxy) is 1. The summed E-state index contributed by atoms with van der Waals surface area (Å²) in [6.45, 7) is 6.61. The van der Waals surface area contributed by atoms with Crippen LogP contribution in [0.4, 0.5) is 5.69 Å². The van der Waals surface area contributed by atoms with Crippen molar-refractivity contribution in [2.24, 2.45) is 0 Å². The molecule has 2 rings (SSSR count). The molecule has 1 aromatic heterocycles. The van der Waals surface area contributed by atoms with E-state index < -0.39 is 0 Å². The summed E-state index contributed by atoms with van der Waals surface area (Å²) in [5, 5.41) is 5.60. The average Bonchev–Trinajstić information content (AvgIpc) is 2.84. The average molecular weight is 278 g/mol. The van der Waals surface area contributed by atoms with E-state index in [0.29, 0.717) is 17.2 Å². The molecule has 2 N–H and O–H groups in total. The first-order valence-electron chi connectivity index (χ1n) is 6.34. The van der Waals surface area contributed by atoms with Crippen molar-refractivity contribution in [1.29, 1.82) is 0 Å². The maximum Gasteiger partial charge on any atom is 0.213 e. The number of H-pyrrole nitrogens is 2. The zero-order chi connectivity index (χ0) is 13.7. The van der Waals surface area contributed by atoms with Crippen LogP contribution in [0.25, 0.3) is 0 Å². The summed E-state index contributed by atoms with van der Waals surface area (Å²) < 4.78 is 6.14. The minimum atomic E-state index is 0.370. The Morgan fingerprint density at radius 2 is 2.05 bits per heavy atom. The van der Waals surface area contributed by atoms with Gasteiger partial charge < -0.3 is 9.64 Å². The molecule has 19 heavy (non-hydrogen) atoms. The van der Waals surface area contributed by atoms with E-state index >= 15 is 0 Å². The lowest BCUT2D eigenvalue weighted by Crippen LogP contribution is -2.21. The highest BCUT2D eigenvalue weighted by Gasteiger charge is 2.04. The van der Waals surface area contributed by atoms with Gasteiger partial charge in [-0.15, -0.1) is 0 Å². The number of benzene rings is 1. The minimum absolute atomic E-state index is 0.370. The molecule has 0 bridgehead atoms. The molecule has 0 aliphatic rings. The van der Waals surface area contributed by atoms with Gasteiger partial charge in [0.25, 0.3) is 0 Å². The molecule has 0 fully saturated rings. The van der Waals surface area contributed by atoms with E-state index in [-0.39, 0.29) is 0 Å². The number of anilines is 1. The normalized spacial score (nSPS) is 10.4. The minimum Gasteiger partial charge on any atom is -0.486 e. The van der Waals surface area contributed by atoms with Crippen molar-refractivity contribution in [3.05, 3.63) is 34.9 Å². The molecule has 0 saturated carbocycles. The fraction of sp³-hybridized carbons (Fsp3) is 0.385. The summed E-state index contributed by atoms with van der Waals surface area (Å²) in [6.07, 6.45) is 0. The Morgan fingerprint density at radius 3 is 2.68 bits per heavy atom. The molecule has 0 atom stereocenters. The fourth-order valence-corrected chi connectivity index (χ4v) is 2.04. The molecule has 0 radical (unpaired) electrons. The second-order valence-electron chi connectivity index (χ2n) is 4.07. The van der Waals surface area contributed by atoms with Crippen LogP contribution in [0.3, 0.4) is 0 Å². The van der Waals surface area contributed by atoms with Crippen molar-refractivity contribution in [2.45, 2.75) is 20.5 Å². The number of rotatable bonds is 6. The van der Waals surface area contributed by atoms with Crippen molar-refractivity contribution in [1.82, 2.24) is 15.2 Å². The predicted octanol–water partition coefficient (Wildman–Crippen LogP) is 2.89. The molecular formula is C13H18N4OS. The molecule has 0 amide bonds. The van der Waals surface area contributed by atoms with E-state index in [2.05, 4.69) is 40.0 Å². The monoisotopic (exact) mass is 278 g/mol. The van der Waals surface area contributed by atoms with E-state index in [1.54, 1.807) is 0 Å². The summed E-state index contributed by atoms with van der Waals surface area (Å²) in [4.78, 5) is 6.36. The van der Waals surface area contributed by atoms with Crippen LogP contribution in [-0.4, -0.2) is 28.3 Å². The highest BCUT2D eigenvalue weighted by molar-refractivity contribution is 7.71. The molecule has 1 heterocycles. The van der Waals surface area contributed by atoms with Crippen molar-refractivity contribution in [3.63, 3.8) is 0 Å². The molecule has 102 valence electrons. The van der Waals surface area contributed by atoms with Crippen LogP contribution in [-0.2, 0) is 6.61 Å². The quantitative estimate of drug-likeness (QED) is 0.798. The SMILES string of the molecule is CCN(CC)c1cccc(OCc2nc(=S)[nH][nH]2)c1. The highest BCUT2D eigenvalue weighted by atomic mass is 32.1. The molecule has 1 aromatic carbocycles. The van der Waals surface area contributed by atoms with Crippen LogP contribution in [0.5, 0.6) is 5.75 Å². The zero-order valence-electron chi connectivity index (χ0n) is 11.1. The summed E-state index contributed by atoms with van der Waals surface area (Å²) in [5.41, 5.74) is 1.16. The predicted molar refractivity (Wildman–Crippen MR) is 78.1 cm³/mol. The largest absolute Gasteiger partial charge is 0.486 e. The first kappa shape index (κ1) is 13.6. The molecule has 2 aromatic rings. The fourth-order valence-electron chi connectivity index (χ4n) is 1.88. The molecule has 0 aliphatic carbocycles. The zero-order valence-corrected chi connectivity index (χ0v) is 12.0. The third-order valence-electron chi connectivity index (χ3n) is 2.87. The number of nitrogens with zero attached hydrogens (tertiary/aromatic N) is 2. The third-order valence-corrected chi connectivity index (χ3v) is 3.07. The molecule has 5 nitrogen and oxygen atoms in total. The number of nitrogens with one attached hydrogen (secondary N) is 2. The van der Waals surface area contributed by atoms with Gasteiger partial charge in [-0.3, -0.25) is 10.2 Å². The summed E-state index contributed by atoms with van der Waals surface area (Å²) in [6, 6.07) is 8.06. The Kier molecular flexibility index (Phi) is 4.57. The molecule has 0 aliphatic heterocycles. The smallest absolute Gasteiger partial charge is 0.213 e. The van der Waals surface area contributed by atoms with Crippen LogP contribution in [0.2, 0.25) is 0 Å². The summed E-state index contributed by atoms with van der Waals surface area (Å²) in [7, 11) is 0. The molecule has 6 heteroatoms. The Hall–Kier alpha value is -1.82. The molecule has 0 saturated heterocycles. The summed E-state index contributed by atoms with van der Waals surface area (Å²) in [5.74, 6) is 1.52. The van der Waals surface area contributed by atoms with E-state index in [1.807, 2.05) is 18.2 Å². The maximum absolute atomic E-state index is 5.70. The lowest BCUT2D eigenvalue weighted by atomic mass is 10.2. The molecule has 0 unspecified atom stereocenters. The highest BCUT2D eigenvalue weighted by Crippen LogP contribution is 2.21. The maximum atomic E-state index is 5.70. The van der Waals surface area contributed by atoms with E-state index in [4.69, 9.17) is 17.0 Å². The van der Waals surface area contributed by atoms with Gasteiger partial charge in [-0.1, -0.05) is 6.07 Å². The molecule has 0 spiro atoms. The van der Waals surface area contributed by atoms with Gasteiger partial charge in [0.05, 0.1) is 0 Å². The second kappa shape index (κ2) is 6.38. The van der Waals surface area contributed by atoms with Crippen molar-refractivity contribution >= 4 is 17.9 Å². The van der Waals surface area contributed by atoms with Gasteiger partial charge in [-0.05, 0) is 38.2 Å². The number of aromatic amines is 2. The number of hydrogen-bond acceptors (Lipinski definition) is 4. The van der Waals surface area contributed by atoms with Crippen LogP contribution in [0, 0.1) is 4.77 Å². The van der Waals surface area contributed by atoms with Crippen LogP contribution < -0.4 is 9.64 Å². The molecular weight excluding hydrogens is 260 g/mol. The Balaban J connectivity index is 2.04. The second-order valence-corrected chi connectivity index (χ2v) is 4.46. The van der Waals surface area contributed by atoms with Gasteiger partial charge in [0.2, 0.25) is 4.77 Å². The van der Waals surface area contributed by atoms with Gasteiger partial charge in [0.1, 0.15) is 12.4 Å². The lowest BCUT2D eigenvalue weighted by Gasteiger charge is -2.21. The lowest BCUT2D eigenvalue weighted by molar-refractivity contribution is 0.296. The van der Waals surface area contributed by atoms with Gasteiger partial charge in [0, 0.05) is 24.8 Å².